The van der Waals surface area contributed by atoms with Gasteiger partial charge in [0, 0.05) is 40.8 Å². The molecule has 3 aromatic rings. The van der Waals surface area contributed by atoms with Crippen LogP contribution in [0.5, 0.6) is 5.75 Å². The molecular formula is C27H32BrN5O5. The Morgan fingerprint density at radius 2 is 1.97 bits per heavy atom. The zero-order chi connectivity index (χ0) is 27.7. The number of benzene rings is 2. The smallest absolute Gasteiger partial charge is 0.320 e. The third-order valence-electron chi connectivity index (χ3n) is 5.12. The lowest BCUT2D eigenvalue weighted by Crippen LogP contribution is -2.36. The van der Waals surface area contributed by atoms with Crippen LogP contribution in [0, 0.1) is 0 Å². The Kier molecular flexibility index (Phi) is 10.2. The Morgan fingerprint density at radius 3 is 2.66 bits per heavy atom. The molecule has 0 unspecified atom stereocenters. The summed E-state index contributed by atoms with van der Waals surface area (Å²) < 4.78 is 11.7. The van der Waals surface area contributed by atoms with E-state index in [1.807, 2.05) is 24.3 Å². The fourth-order valence-corrected chi connectivity index (χ4v) is 3.97. The van der Waals surface area contributed by atoms with Crippen LogP contribution in [-0.4, -0.2) is 70.8 Å². The van der Waals surface area contributed by atoms with Crippen molar-refractivity contribution in [3.63, 3.8) is 0 Å². The second-order valence-electron chi connectivity index (χ2n) is 9.36. The lowest BCUT2D eigenvalue weighted by molar-refractivity contribution is -0.156. The molecule has 38 heavy (non-hydrogen) atoms. The zero-order valence-corrected chi connectivity index (χ0v) is 23.4. The third-order valence-corrected chi connectivity index (χ3v) is 5.62. The molecule has 0 spiro atoms. The van der Waals surface area contributed by atoms with Gasteiger partial charge in [-0.25, -0.2) is 9.97 Å². The van der Waals surface area contributed by atoms with Gasteiger partial charge in [0.2, 0.25) is 5.91 Å². The molecule has 11 heteroatoms. The van der Waals surface area contributed by atoms with E-state index in [0.29, 0.717) is 28.2 Å². The maximum absolute atomic E-state index is 12.7. The predicted octanol–water partition coefficient (Wildman–Crippen LogP) is 4.28. The minimum absolute atomic E-state index is 0.00392. The third kappa shape index (κ3) is 8.79. The molecule has 2 aromatic carbocycles. The highest BCUT2D eigenvalue weighted by atomic mass is 79.9. The Morgan fingerprint density at radius 1 is 1.18 bits per heavy atom. The Bertz CT molecular complexity index is 1310. The Hall–Kier alpha value is -3.54. The molecule has 3 N–H and O–H groups in total. The highest BCUT2D eigenvalue weighted by Crippen LogP contribution is 2.33. The first-order valence-electron chi connectivity index (χ1n) is 12.0. The summed E-state index contributed by atoms with van der Waals surface area (Å²) in [5.41, 5.74) is 1.32. The van der Waals surface area contributed by atoms with Gasteiger partial charge in [0.25, 0.3) is 0 Å². The number of nitrogens with zero attached hydrogens (tertiary/aromatic N) is 3. The van der Waals surface area contributed by atoms with Crippen molar-refractivity contribution in [1.29, 1.82) is 0 Å². The van der Waals surface area contributed by atoms with Gasteiger partial charge in [0.05, 0.1) is 31.5 Å². The summed E-state index contributed by atoms with van der Waals surface area (Å²) in [6.07, 6.45) is 4.44. The number of hydrogen-bond donors (Lipinski definition) is 3. The molecule has 0 saturated carbocycles. The van der Waals surface area contributed by atoms with Gasteiger partial charge in [0.15, 0.2) is 0 Å². The maximum atomic E-state index is 12.7. The van der Waals surface area contributed by atoms with E-state index in [-0.39, 0.29) is 32.1 Å². The van der Waals surface area contributed by atoms with Crippen molar-refractivity contribution < 1.29 is 24.2 Å². The number of carbonyl (C=O) groups excluding carboxylic acids is 2. The number of aliphatic hydroxyl groups is 1. The number of rotatable bonds is 11. The van der Waals surface area contributed by atoms with Crippen LogP contribution in [0.1, 0.15) is 20.8 Å². The first kappa shape index (κ1) is 29.0. The minimum Gasteiger partial charge on any atom is -0.494 e. The van der Waals surface area contributed by atoms with Crippen molar-refractivity contribution in [2.24, 2.45) is 0 Å². The number of methoxy groups -OCH3 is 1. The van der Waals surface area contributed by atoms with Crippen LogP contribution in [0.3, 0.4) is 0 Å². The van der Waals surface area contributed by atoms with Gasteiger partial charge in [-0.1, -0.05) is 28.1 Å². The molecule has 10 nitrogen and oxygen atoms in total. The number of halogens is 1. The highest BCUT2D eigenvalue weighted by molar-refractivity contribution is 9.10. The summed E-state index contributed by atoms with van der Waals surface area (Å²) >= 11 is 3.46. The van der Waals surface area contributed by atoms with Crippen molar-refractivity contribution in [2.45, 2.75) is 26.4 Å². The summed E-state index contributed by atoms with van der Waals surface area (Å²) in [5.74, 6) is 0.225. The van der Waals surface area contributed by atoms with Crippen LogP contribution < -0.4 is 15.4 Å². The lowest BCUT2D eigenvalue weighted by Gasteiger charge is -2.23. The van der Waals surface area contributed by atoms with Crippen LogP contribution >= 0.6 is 15.9 Å². The molecule has 0 aliphatic rings. The van der Waals surface area contributed by atoms with Gasteiger partial charge in [-0.2, -0.15) is 0 Å². The van der Waals surface area contributed by atoms with Crippen molar-refractivity contribution >= 4 is 55.9 Å². The van der Waals surface area contributed by atoms with Crippen molar-refractivity contribution in [1.82, 2.24) is 14.9 Å². The van der Waals surface area contributed by atoms with E-state index >= 15 is 0 Å². The Balaban J connectivity index is 1.74. The number of aliphatic hydroxyl groups excluding tert-OH is 1. The summed E-state index contributed by atoms with van der Waals surface area (Å²) in [6.45, 7) is 5.77. The molecule has 0 saturated heterocycles. The second kappa shape index (κ2) is 13.3. The topological polar surface area (TPSA) is 126 Å². The number of anilines is 3. The van der Waals surface area contributed by atoms with E-state index in [9.17, 15) is 14.7 Å². The van der Waals surface area contributed by atoms with E-state index in [1.54, 1.807) is 43.9 Å². The van der Waals surface area contributed by atoms with Gasteiger partial charge in [-0.15, -0.1) is 0 Å². The minimum atomic E-state index is -0.602. The van der Waals surface area contributed by atoms with Gasteiger partial charge < -0.3 is 25.2 Å². The second-order valence-corrected chi connectivity index (χ2v) is 10.3. The first-order chi connectivity index (χ1) is 18.1. The fraction of sp³-hybridized carbons (Fsp3) is 0.333. The van der Waals surface area contributed by atoms with E-state index in [1.165, 1.54) is 19.5 Å². The highest BCUT2D eigenvalue weighted by Gasteiger charge is 2.18. The summed E-state index contributed by atoms with van der Waals surface area (Å²) in [4.78, 5) is 35.2. The Labute approximate surface area is 230 Å². The molecule has 1 heterocycles. The van der Waals surface area contributed by atoms with Crippen LogP contribution in [-0.2, 0) is 14.3 Å². The summed E-state index contributed by atoms with van der Waals surface area (Å²) in [6, 6.07) is 11.2. The lowest BCUT2D eigenvalue weighted by atomic mass is 10.2. The predicted molar refractivity (Wildman–Crippen MR) is 151 cm³/mol. The molecule has 0 radical (unpaired) electrons. The van der Waals surface area contributed by atoms with E-state index < -0.39 is 11.6 Å². The molecule has 0 aliphatic heterocycles. The van der Waals surface area contributed by atoms with E-state index in [0.717, 1.165) is 10.2 Å². The number of hydrogen-bond acceptors (Lipinski definition) is 9. The van der Waals surface area contributed by atoms with Gasteiger partial charge in [0.1, 0.15) is 23.5 Å². The van der Waals surface area contributed by atoms with Crippen molar-refractivity contribution in [3.8, 4) is 5.75 Å². The quantitative estimate of drug-likeness (QED) is 0.223. The normalized spacial score (nSPS) is 11.7. The van der Waals surface area contributed by atoms with Crippen molar-refractivity contribution in [2.75, 3.05) is 44.0 Å². The average molecular weight is 586 g/mol. The van der Waals surface area contributed by atoms with Crippen LogP contribution in [0.15, 0.2) is 59.4 Å². The molecular weight excluding hydrogens is 554 g/mol. The standard InChI is InChI=1S/C27H32BrN5O5/c1-27(2,3)38-25(36)16-33(11-12-34)10-6-9-24(35)32-22-14-20-21(15-23(22)37-4)29-17-30-26(20)31-19-8-5-7-18(28)13-19/h5-9,13-15,17,34H,10-12,16H2,1-4H3,(H,32,35)(H,29,30,31). The number of ether oxygens (including phenoxy) is 2. The monoisotopic (exact) mass is 585 g/mol. The maximum Gasteiger partial charge on any atom is 0.320 e. The SMILES string of the molecule is COc1cc2ncnc(Nc3cccc(Br)c3)c2cc1NC(=O)C=CCN(CCO)CC(=O)OC(C)(C)C. The molecule has 3 rings (SSSR count). The molecule has 0 atom stereocenters. The molecule has 1 aromatic heterocycles. The largest absolute Gasteiger partial charge is 0.494 e. The molecule has 1 amide bonds. The van der Waals surface area contributed by atoms with E-state index in [4.69, 9.17) is 9.47 Å². The van der Waals surface area contributed by atoms with Gasteiger partial charge >= 0.3 is 5.97 Å². The number of aromatic nitrogens is 2. The van der Waals surface area contributed by atoms with Crippen LogP contribution in [0.4, 0.5) is 17.2 Å². The van der Waals surface area contributed by atoms with Gasteiger partial charge in [-0.3, -0.25) is 14.5 Å². The number of nitrogens with one attached hydrogen (secondary N) is 2. The number of carbonyl (C=O) groups is 2. The molecule has 0 aliphatic carbocycles. The van der Waals surface area contributed by atoms with Crippen LogP contribution in [0.2, 0.25) is 0 Å². The fourth-order valence-electron chi connectivity index (χ4n) is 3.57. The molecule has 0 fully saturated rings. The number of amides is 1. The summed E-state index contributed by atoms with van der Waals surface area (Å²) in [5, 5.41) is 16.1. The number of fused-ring (bicyclic) bond motifs is 1. The van der Waals surface area contributed by atoms with Crippen molar-refractivity contribution in [3.05, 3.63) is 59.4 Å². The van der Waals surface area contributed by atoms with Gasteiger partial charge in [-0.05, 0) is 45.0 Å². The summed E-state index contributed by atoms with van der Waals surface area (Å²) in [7, 11) is 1.51. The first-order valence-corrected chi connectivity index (χ1v) is 12.7. The molecule has 202 valence electrons. The van der Waals surface area contributed by atoms with Crippen LogP contribution in [0.25, 0.3) is 10.9 Å². The van der Waals surface area contributed by atoms with E-state index in [2.05, 4.69) is 36.5 Å². The molecule has 0 bridgehead atoms. The average Bonchev–Trinajstić information content (AvgIpc) is 2.83. The zero-order valence-electron chi connectivity index (χ0n) is 21.8. The number of esters is 1.